The van der Waals surface area contributed by atoms with Gasteiger partial charge in [0.05, 0.1) is 11.5 Å². The van der Waals surface area contributed by atoms with Crippen molar-refractivity contribution in [3.63, 3.8) is 0 Å². The van der Waals surface area contributed by atoms with E-state index >= 15 is 0 Å². The molecule has 0 bridgehead atoms. The van der Waals surface area contributed by atoms with E-state index in [9.17, 15) is 19.7 Å². The van der Waals surface area contributed by atoms with E-state index in [-0.39, 0.29) is 17.3 Å². The molecule has 9 heteroatoms. The Kier molecular flexibility index (Phi) is 4.60. The summed E-state index contributed by atoms with van der Waals surface area (Å²) in [6.45, 7) is 1.46. The van der Waals surface area contributed by atoms with Crippen molar-refractivity contribution >= 4 is 40.8 Å². The van der Waals surface area contributed by atoms with Gasteiger partial charge in [0.1, 0.15) is 5.54 Å². The molecule has 0 aromatic heterocycles. The molecule has 0 radical (unpaired) electrons. The standard InChI is InChI=1S/C17H13Cl2N3O4/c1-17(13-6-5-11(18)8-14(13)19)15(23)21(16(24)20-17)9-10-3-2-4-12(7-10)22(25)26/h2-8H,9H2,1H3,(H,20,24). The number of nitro groups is 1. The maximum atomic E-state index is 12.9. The molecule has 0 saturated carbocycles. The zero-order valence-electron chi connectivity index (χ0n) is 13.5. The second-order valence-electron chi connectivity index (χ2n) is 6.00. The van der Waals surface area contributed by atoms with Gasteiger partial charge in [0.2, 0.25) is 0 Å². The fourth-order valence-corrected chi connectivity index (χ4v) is 3.47. The Bertz CT molecular complexity index is 934. The van der Waals surface area contributed by atoms with Gasteiger partial charge >= 0.3 is 6.03 Å². The lowest BCUT2D eigenvalue weighted by Gasteiger charge is -2.23. The van der Waals surface area contributed by atoms with Gasteiger partial charge in [-0.25, -0.2) is 4.79 Å². The fraction of sp³-hybridized carbons (Fsp3) is 0.176. The first-order chi connectivity index (χ1) is 12.2. The highest BCUT2D eigenvalue weighted by atomic mass is 35.5. The number of carbonyl (C=O) groups is 2. The van der Waals surface area contributed by atoms with Crippen molar-refractivity contribution in [3.8, 4) is 0 Å². The van der Waals surface area contributed by atoms with E-state index in [0.717, 1.165) is 4.90 Å². The summed E-state index contributed by atoms with van der Waals surface area (Å²) in [5.74, 6) is -0.502. The lowest BCUT2D eigenvalue weighted by atomic mass is 9.92. The van der Waals surface area contributed by atoms with Crippen molar-refractivity contribution < 1.29 is 14.5 Å². The van der Waals surface area contributed by atoms with Crippen LogP contribution in [0.5, 0.6) is 0 Å². The smallest absolute Gasteiger partial charge is 0.319 e. The van der Waals surface area contributed by atoms with E-state index < -0.39 is 22.4 Å². The van der Waals surface area contributed by atoms with Crippen LogP contribution in [0.2, 0.25) is 10.0 Å². The van der Waals surface area contributed by atoms with Crippen LogP contribution < -0.4 is 5.32 Å². The highest BCUT2D eigenvalue weighted by molar-refractivity contribution is 6.35. The third-order valence-electron chi connectivity index (χ3n) is 4.21. The monoisotopic (exact) mass is 393 g/mol. The number of benzene rings is 2. The summed E-state index contributed by atoms with van der Waals surface area (Å²) in [6, 6.07) is 9.83. The number of halogens is 2. The van der Waals surface area contributed by atoms with Crippen molar-refractivity contribution in [1.29, 1.82) is 0 Å². The number of nitro benzene ring substituents is 1. The molecule has 2 aromatic rings. The molecule has 7 nitrogen and oxygen atoms in total. The van der Waals surface area contributed by atoms with Crippen LogP contribution in [0.1, 0.15) is 18.1 Å². The molecule has 0 spiro atoms. The molecule has 3 rings (SSSR count). The van der Waals surface area contributed by atoms with E-state index in [4.69, 9.17) is 23.2 Å². The quantitative estimate of drug-likeness (QED) is 0.484. The molecule has 134 valence electrons. The SMILES string of the molecule is CC1(c2ccc(Cl)cc2Cl)NC(=O)N(Cc2cccc([N+](=O)[O-])c2)C1=O. The second kappa shape index (κ2) is 6.59. The normalized spacial score (nSPS) is 19.6. The van der Waals surface area contributed by atoms with Gasteiger partial charge in [-0.1, -0.05) is 41.4 Å². The summed E-state index contributed by atoms with van der Waals surface area (Å²) in [6.07, 6.45) is 0. The Morgan fingerprint density at radius 3 is 2.58 bits per heavy atom. The number of imide groups is 1. The van der Waals surface area contributed by atoms with Gasteiger partial charge in [-0.2, -0.15) is 0 Å². The first kappa shape index (κ1) is 18.2. The summed E-state index contributed by atoms with van der Waals surface area (Å²) >= 11 is 12.1. The number of non-ortho nitro benzene ring substituents is 1. The molecular weight excluding hydrogens is 381 g/mol. The molecule has 1 unspecified atom stereocenters. The number of carbonyl (C=O) groups excluding carboxylic acids is 2. The maximum absolute atomic E-state index is 12.9. The molecule has 1 aliphatic rings. The van der Waals surface area contributed by atoms with Crippen LogP contribution in [0, 0.1) is 10.1 Å². The van der Waals surface area contributed by atoms with Gasteiger partial charge in [0.15, 0.2) is 0 Å². The minimum Gasteiger partial charge on any atom is -0.319 e. The zero-order valence-corrected chi connectivity index (χ0v) is 15.0. The summed E-state index contributed by atoms with van der Waals surface area (Å²) in [5.41, 5.74) is -0.574. The lowest BCUT2D eigenvalue weighted by Crippen LogP contribution is -2.41. The Morgan fingerprint density at radius 2 is 1.92 bits per heavy atom. The predicted octanol–water partition coefficient (Wildman–Crippen LogP) is 3.87. The maximum Gasteiger partial charge on any atom is 0.325 e. The molecule has 1 saturated heterocycles. The van der Waals surface area contributed by atoms with Gasteiger partial charge in [0, 0.05) is 27.7 Å². The van der Waals surface area contributed by atoms with Gasteiger partial charge in [0.25, 0.3) is 11.6 Å². The topological polar surface area (TPSA) is 92.6 Å². The van der Waals surface area contributed by atoms with Gasteiger partial charge in [-0.05, 0) is 24.6 Å². The number of urea groups is 1. The van der Waals surface area contributed by atoms with Crippen LogP contribution in [-0.4, -0.2) is 21.8 Å². The van der Waals surface area contributed by atoms with Gasteiger partial charge in [-0.3, -0.25) is 19.8 Å². The van der Waals surface area contributed by atoms with E-state index in [0.29, 0.717) is 16.1 Å². The number of rotatable bonds is 4. The summed E-state index contributed by atoms with van der Waals surface area (Å²) in [5, 5.41) is 14.2. The van der Waals surface area contributed by atoms with E-state index in [2.05, 4.69) is 5.32 Å². The molecule has 0 aliphatic carbocycles. The third kappa shape index (κ3) is 3.11. The number of nitrogens with zero attached hydrogens (tertiary/aromatic N) is 2. The molecule has 2 aromatic carbocycles. The molecular formula is C17H13Cl2N3O4. The first-order valence-electron chi connectivity index (χ1n) is 7.55. The molecule has 1 heterocycles. The molecule has 1 N–H and O–H groups in total. The van der Waals surface area contributed by atoms with Gasteiger partial charge < -0.3 is 5.32 Å². The number of amides is 3. The summed E-state index contributed by atoms with van der Waals surface area (Å²) < 4.78 is 0. The molecule has 1 aliphatic heterocycles. The lowest BCUT2D eigenvalue weighted by molar-refractivity contribution is -0.384. The fourth-order valence-electron chi connectivity index (χ4n) is 2.87. The first-order valence-corrected chi connectivity index (χ1v) is 8.31. The molecule has 26 heavy (non-hydrogen) atoms. The third-order valence-corrected chi connectivity index (χ3v) is 4.75. The Balaban J connectivity index is 1.91. The van der Waals surface area contributed by atoms with Crippen molar-refractivity contribution in [1.82, 2.24) is 10.2 Å². The minimum atomic E-state index is -1.35. The van der Waals surface area contributed by atoms with Crippen LogP contribution >= 0.6 is 23.2 Å². The van der Waals surface area contributed by atoms with Gasteiger partial charge in [-0.15, -0.1) is 0 Å². The molecule has 3 amide bonds. The van der Waals surface area contributed by atoms with E-state index in [1.165, 1.54) is 24.3 Å². The zero-order chi connectivity index (χ0) is 19.1. The van der Waals surface area contributed by atoms with Crippen LogP contribution in [-0.2, 0) is 16.9 Å². The predicted molar refractivity (Wildman–Crippen MR) is 96.0 cm³/mol. The van der Waals surface area contributed by atoms with E-state index in [1.54, 1.807) is 25.1 Å². The summed E-state index contributed by atoms with van der Waals surface area (Å²) in [7, 11) is 0. The number of hydrogen-bond acceptors (Lipinski definition) is 4. The largest absolute Gasteiger partial charge is 0.325 e. The summed E-state index contributed by atoms with van der Waals surface area (Å²) in [4.78, 5) is 36.6. The highest BCUT2D eigenvalue weighted by Crippen LogP contribution is 2.35. The average Bonchev–Trinajstić information content (AvgIpc) is 2.79. The van der Waals surface area contributed by atoms with Crippen LogP contribution in [0.4, 0.5) is 10.5 Å². The van der Waals surface area contributed by atoms with Crippen molar-refractivity contribution in [3.05, 3.63) is 73.8 Å². The van der Waals surface area contributed by atoms with Crippen LogP contribution in [0.15, 0.2) is 42.5 Å². The Labute approximate surface area is 158 Å². The highest BCUT2D eigenvalue weighted by Gasteiger charge is 2.49. The Hall–Kier alpha value is -2.64. The van der Waals surface area contributed by atoms with Crippen molar-refractivity contribution in [2.45, 2.75) is 19.0 Å². The van der Waals surface area contributed by atoms with Crippen molar-refractivity contribution in [2.75, 3.05) is 0 Å². The number of hydrogen-bond donors (Lipinski definition) is 1. The molecule has 1 atom stereocenters. The van der Waals surface area contributed by atoms with Crippen LogP contribution in [0.25, 0.3) is 0 Å². The minimum absolute atomic E-state index is 0.0901. The number of nitrogens with one attached hydrogen (secondary N) is 1. The second-order valence-corrected chi connectivity index (χ2v) is 6.84. The van der Waals surface area contributed by atoms with E-state index in [1.807, 2.05) is 0 Å². The Morgan fingerprint density at radius 1 is 1.19 bits per heavy atom. The van der Waals surface area contributed by atoms with Crippen molar-refractivity contribution in [2.24, 2.45) is 0 Å². The average molecular weight is 394 g/mol. The van der Waals surface area contributed by atoms with Crippen LogP contribution in [0.3, 0.4) is 0 Å². The molecule has 1 fully saturated rings.